The highest BCUT2D eigenvalue weighted by Gasteiger charge is 2.08. The number of carbonyl (C=O) groups excluding carboxylic acids is 1. The Morgan fingerprint density at radius 3 is 2.62 bits per heavy atom. The number of aryl methyl sites for hydroxylation is 1. The standard InChI is InChI=1S/C11H14OS/c1-3-8-6-5-7-9(11(8)13)10(12)4-2/h5-7,13H,3-4H2,1-2H3. The van der Waals surface area contributed by atoms with Crippen molar-refractivity contribution in [3.8, 4) is 0 Å². The van der Waals surface area contributed by atoms with E-state index in [4.69, 9.17) is 0 Å². The zero-order chi connectivity index (χ0) is 9.84. The van der Waals surface area contributed by atoms with Gasteiger partial charge in [0.25, 0.3) is 0 Å². The molecule has 0 amide bonds. The quantitative estimate of drug-likeness (QED) is 0.578. The van der Waals surface area contributed by atoms with Gasteiger partial charge >= 0.3 is 0 Å². The van der Waals surface area contributed by atoms with Gasteiger partial charge in [-0.3, -0.25) is 4.79 Å². The molecule has 13 heavy (non-hydrogen) atoms. The third-order valence-corrected chi connectivity index (χ3v) is 2.65. The lowest BCUT2D eigenvalue weighted by molar-refractivity contribution is 0.0985. The van der Waals surface area contributed by atoms with Gasteiger partial charge in [0.2, 0.25) is 0 Å². The average Bonchev–Trinajstić information content (AvgIpc) is 2.17. The maximum atomic E-state index is 11.5. The van der Waals surface area contributed by atoms with Crippen LogP contribution in [0.15, 0.2) is 23.1 Å². The van der Waals surface area contributed by atoms with Gasteiger partial charge in [-0.1, -0.05) is 32.0 Å². The molecule has 0 aliphatic carbocycles. The van der Waals surface area contributed by atoms with Gasteiger partial charge in [0.15, 0.2) is 5.78 Å². The highest BCUT2D eigenvalue weighted by molar-refractivity contribution is 7.80. The number of benzene rings is 1. The van der Waals surface area contributed by atoms with Crippen LogP contribution < -0.4 is 0 Å². The second-order valence-corrected chi connectivity index (χ2v) is 3.39. The topological polar surface area (TPSA) is 17.1 Å². The molecule has 0 saturated heterocycles. The first-order chi connectivity index (χ1) is 6.20. The monoisotopic (exact) mass is 194 g/mol. The molecule has 0 bridgehead atoms. The second kappa shape index (κ2) is 4.47. The molecule has 0 heterocycles. The summed E-state index contributed by atoms with van der Waals surface area (Å²) in [5.41, 5.74) is 1.90. The minimum absolute atomic E-state index is 0.167. The molecule has 1 aromatic rings. The molecule has 0 aromatic heterocycles. The second-order valence-electron chi connectivity index (χ2n) is 2.94. The van der Waals surface area contributed by atoms with Crippen LogP contribution in [0.3, 0.4) is 0 Å². The third kappa shape index (κ3) is 2.13. The van der Waals surface area contributed by atoms with Crippen LogP contribution in [0.1, 0.15) is 36.2 Å². The Balaban J connectivity index is 3.15. The molecule has 0 aliphatic rings. The number of ketones is 1. The number of Topliss-reactive ketones (excluding diaryl/α,β-unsaturated/α-hetero) is 1. The first-order valence-corrected chi connectivity index (χ1v) is 4.99. The smallest absolute Gasteiger partial charge is 0.163 e. The van der Waals surface area contributed by atoms with Crippen molar-refractivity contribution in [1.29, 1.82) is 0 Å². The molecular formula is C11H14OS. The molecular weight excluding hydrogens is 180 g/mol. The van der Waals surface area contributed by atoms with E-state index in [-0.39, 0.29) is 5.78 Å². The van der Waals surface area contributed by atoms with E-state index in [1.165, 1.54) is 0 Å². The predicted octanol–water partition coefficient (Wildman–Crippen LogP) is 3.13. The Kier molecular flexibility index (Phi) is 3.55. The van der Waals surface area contributed by atoms with Crippen LogP contribution in [-0.4, -0.2) is 5.78 Å². The van der Waals surface area contributed by atoms with Crippen LogP contribution in [0.25, 0.3) is 0 Å². The summed E-state index contributed by atoms with van der Waals surface area (Å²) in [5.74, 6) is 0.167. The summed E-state index contributed by atoms with van der Waals surface area (Å²) >= 11 is 4.36. The lowest BCUT2D eigenvalue weighted by atomic mass is 10.0. The summed E-state index contributed by atoms with van der Waals surface area (Å²) in [4.78, 5) is 12.3. The molecule has 0 saturated carbocycles. The minimum atomic E-state index is 0.167. The van der Waals surface area contributed by atoms with E-state index in [0.717, 1.165) is 22.4 Å². The van der Waals surface area contributed by atoms with Crippen molar-refractivity contribution in [2.75, 3.05) is 0 Å². The number of hydrogen-bond donors (Lipinski definition) is 1. The lowest BCUT2D eigenvalue weighted by Crippen LogP contribution is -2.00. The van der Waals surface area contributed by atoms with Gasteiger partial charge < -0.3 is 0 Å². The number of hydrogen-bond acceptors (Lipinski definition) is 2. The van der Waals surface area contributed by atoms with E-state index in [0.29, 0.717) is 6.42 Å². The number of carbonyl (C=O) groups is 1. The van der Waals surface area contributed by atoms with Crippen LogP contribution in [0, 0.1) is 0 Å². The molecule has 0 spiro atoms. The molecule has 0 unspecified atom stereocenters. The van der Waals surface area contributed by atoms with Crippen molar-refractivity contribution < 1.29 is 4.79 Å². The highest BCUT2D eigenvalue weighted by Crippen LogP contribution is 2.20. The van der Waals surface area contributed by atoms with Crippen LogP contribution >= 0.6 is 12.6 Å². The van der Waals surface area contributed by atoms with Gasteiger partial charge in [-0.05, 0) is 12.0 Å². The maximum absolute atomic E-state index is 11.5. The largest absolute Gasteiger partial charge is 0.294 e. The van der Waals surface area contributed by atoms with Crippen LogP contribution in [-0.2, 0) is 6.42 Å². The third-order valence-electron chi connectivity index (χ3n) is 2.12. The SMILES string of the molecule is CCC(=O)c1cccc(CC)c1S. The maximum Gasteiger partial charge on any atom is 0.163 e. The molecule has 0 fully saturated rings. The van der Waals surface area contributed by atoms with Crippen molar-refractivity contribution in [2.24, 2.45) is 0 Å². The zero-order valence-electron chi connectivity index (χ0n) is 8.00. The molecule has 1 aromatic carbocycles. The van der Waals surface area contributed by atoms with Crippen LogP contribution in [0.2, 0.25) is 0 Å². The van der Waals surface area contributed by atoms with E-state index in [1.807, 2.05) is 25.1 Å². The lowest BCUT2D eigenvalue weighted by Gasteiger charge is -2.06. The molecule has 70 valence electrons. The van der Waals surface area contributed by atoms with Crippen LogP contribution in [0.5, 0.6) is 0 Å². The summed E-state index contributed by atoms with van der Waals surface area (Å²) in [6.07, 6.45) is 1.46. The van der Waals surface area contributed by atoms with Gasteiger partial charge in [0.05, 0.1) is 0 Å². The molecule has 0 atom stereocenters. The van der Waals surface area contributed by atoms with Gasteiger partial charge in [0.1, 0.15) is 0 Å². The van der Waals surface area contributed by atoms with Crippen molar-refractivity contribution in [3.05, 3.63) is 29.3 Å². The van der Waals surface area contributed by atoms with E-state index >= 15 is 0 Å². The van der Waals surface area contributed by atoms with E-state index in [9.17, 15) is 4.79 Å². The molecule has 0 N–H and O–H groups in total. The molecule has 0 radical (unpaired) electrons. The number of thiol groups is 1. The Bertz CT molecular complexity index is 318. The summed E-state index contributed by atoms with van der Waals surface area (Å²) in [6, 6.07) is 5.77. The first kappa shape index (κ1) is 10.3. The van der Waals surface area contributed by atoms with Gasteiger partial charge in [-0.25, -0.2) is 0 Å². The summed E-state index contributed by atoms with van der Waals surface area (Å²) in [7, 11) is 0. The van der Waals surface area contributed by atoms with Crippen molar-refractivity contribution in [1.82, 2.24) is 0 Å². The van der Waals surface area contributed by atoms with E-state index < -0.39 is 0 Å². The van der Waals surface area contributed by atoms with Crippen LogP contribution in [0.4, 0.5) is 0 Å². The zero-order valence-corrected chi connectivity index (χ0v) is 8.90. The van der Waals surface area contributed by atoms with Crippen molar-refractivity contribution in [2.45, 2.75) is 31.6 Å². The Hall–Kier alpha value is -0.760. The Labute approximate surface area is 84.6 Å². The van der Waals surface area contributed by atoms with Gasteiger partial charge in [-0.2, -0.15) is 0 Å². The predicted molar refractivity (Wildman–Crippen MR) is 57.7 cm³/mol. The highest BCUT2D eigenvalue weighted by atomic mass is 32.1. The average molecular weight is 194 g/mol. The normalized spacial score (nSPS) is 10.1. The van der Waals surface area contributed by atoms with Crippen molar-refractivity contribution in [3.63, 3.8) is 0 Å². The van der Waals surface area contributed by atoms with Gasteiger partial charge in [0, 0.05) is 16.9 Å². The summed E-state index contributed by atoms with van der Waals surface area (Å²) in [6.45, 7) is 3.93. The number of rotatable bonds is 3. The molecule has 0 aliphatic heterocycles. The Morgan fingerprint density at radius 1 is 1.38 bits per heavy atom. The first-order valence-electron chi connectivity index (χ1n) is 4.54. The van der Waals surface area contributed by atoms with Crippen molar-refractivity contribution >= 4 is 18.4 Å². The fourth-order valence-electron chi connectivity index (χ4n) is 1.29. The molecule has 1 rings (SSSR count). The fourth-order valence-corrected chi connectivity index (χ4v) is 1.72. The van der Waals surface area contributed by atoms with E-state index in [2.05, 4.69) is 19.6 Å². The summed E-state index contributed by atoms with van der Waals surface area (Å²) in [5, 5.41) is 0. The van der Waals surface area contributed by atoms with E-state index in [1.54, 1.807) is 0 Å². The molecule has 2 heteroatoms. The summed E-state index contributed by atoms with van der Waals surface area (Å²) < 4.78 is 0. The Morgan fingerprint density at radius 2 is 2.08 bits per heavy atom. The molecule has 1 nitrogen and oxygen atoms in total. The van der Waals surface area contributed by atoms with Gasteiger partial charge in [-0.15, -0.1) is 12.6 Å². The fraction of sp³-hybridized carbons (Fsp3) is 0.364. The minimum Gasteiger partial charge on any atom is -0.294 e.